The molecule has 1 aliphatic rings. The molecule has 0 fully saturated rings. The molecular formula is C17H31N3. The molecule has 0 bridgehead atoms. The number of hydrogen-bond acceptors (Lipinski definition) is 2. The minimum Gasteiger partial charge on any atom is -0.332 e. The highest BCUT2D eigenvalue weighted by Gasteiger charge is 2.17. The molecule has 2 rings (SSSR count). The summed E-state index contributed by atoms with van der Waals surface area (Å²) in [6, 6.07) is 0.660. The van der Waals surface area contributed by atoms with Gasteiger partial charge in [0.1, 0.15) is 5.82 Å². The van der Waals surface area contributed by atoms with Gasteiger partial charge in [-0.3, -0.25) is 0 Å². The van der Waals surface area contributed by atoms with Gasteiger partial charge in [0.05, 0.1) is 5.69 Å². The summed E-state index contributed by atoms with van der Waals surface area (Å²) >= 11 is 0. The summed E-state index contributed by atoms with van der Waals surface area (Å²) < 4.78 is 2.48. The minimum absolute atomic E-state index is 0.660. The van der Waals surface area contributed by atoms with Crippen LogP contribution < -0.4 is 5.32 Å². The van der Waals surface area contributed by atoms with E-state index in [1.165, 1.54) is 68.6 Å². The third-order valence-electron chi connectivity index (χ3n) is 4.44. The van der Waals surface area contributed by atoms with Crippen LogP contribution in [0.1, 0.15) is 69.6 Å². The van der Waals surface area contributed by atoms with E-state index < -0.39 is 0 Å². The van der Waals surface area contributed by atoms with Crippen molar-refractivity contribution in [3.8, 4) is 0 Å². The van der Waals surface area contributed by atoms with E-state index >= 15 is 0 Å². The van der Waals surface area contributed by atoms with Crippen LogP contribution in [0.5, 0.6) is 0 Å². The number of nitrogens with one attached hydrogen (secondary N) is 1. The first-order valence-corrected chi connectivity index (χ1v) is 8.50. The number of rotatable bonds is 8. The Hall–Kier alpha value is -0.830. The topological polar surface area (TPSA) is 29.9 Å². The molecule has 0 saturated carbocycles. The second-order valence-electron chi connectivity index (χ2n) is 6.26. The van der Waals surface area contributed by atoms with E-state index in [1.54, 1.807) is 0 Å². The molecule has 1 heterocycles. The molecule has 0 amide bonds. The van der Waals surface area contributed by atoms with Crippen LogP contribution in [0.4, 0.5) is 0 Å². The smallest absolute Gasteiger partial charge is 0.106 e. The Kier molecular flexibility index (Phi) is 6.08. The number of aromatic nitrogens is 2. The first-order chi connectivity index (χ1) is 9.72. The van der Waals surface area contributed by atoms with Gasteiger partial charge in [0.15, 0.2) is 0 Å². The van der Waals surface area contributed by atoms with E-state index in [4.69, 9.17) is 4.98 Å². The fraction of sp³-hybridized carbons (Fsp3) is 0.824. The van der Waals surface area contributed by atoms with Gasteiger partial charge in [0, 0.05) is 18.3 Å². The van der Waals surface area contributed by atoms with E-state index in [9.17, 15) is 0 Å². The van der Waals surface area contributed by atoms with Gasteiger partial charge in [-0.2, -0.15) is 0 Å². The Bertz CT molecular complexity index is 409. The summed E-state index contributed by atoms with van der Waals surface area (Å²) in [5.74, 6) is 1.23. The summed E-state index contributed by atoms with van der Waals surface area (Å²) in [5, 5.41) is 3.57. The Balaban J connectivity index is 1.76. The second-order valence-corrected chi connectivity index (χ2v) is 6.26. The zero-order chi connectivity index (χ0) is 14.4. The molecule has 3 nitrogen and oxygen atoms in total. The van der Waals surface area contributed by atoms with Crippen molar-refractivity contribution in [2.45, 2.75) is 84.7 Å². The lowest BCUT2D eigenvalue weighted by molar-refractivity contribution is 0.469. The first-order valence-electron chi connectivity index (χ1n) is 8.50. The lowest BCUT2D eigenvalue weighted by atomic mass is 10.0. The highest BCUT2D eigenvalue weighted by atomic mass is 15.1. The van der Waals surface area contributed by atoms with Crippen molar-refractivity contribution in [1.29, 1.82) is 0 Å². The molecule has 0 saturated heterocycles. The largest absolute Gasteiger partial charge is 0.332 e. The predicted molar refractivity (Wildman–Crippen MR) is 85.2 cm³/mol. The molecule has 3 heteroatoms. The van der Waals surface area contributed by atoms with E-state index in [2.05, 4.69) is 30.7 Å². The number of imidazole rings is 1. The van der Waals surface area contributed by atoms with Gasteiger partial charge < -0.3 is 9.88 Å². The highest BCUT2D eigenvalue weighted by molar-refractivity contribution is 5.19. The lowest BCUT2D eigenvalue weighted by Crippen LogP contribution is -2.26. The second kappa shape index (κ2) is 7.82. The quantitative estimate of drug-likeness (QED) is 0.735. The van der Waals surface area contributed by atoms with E-state index in [0.717, 1.165) is 13.1 Å². The summed E-state index contributed by atoms with van der Waals surface area (Å²) in [5.41, 5.74) is 2.91. The standard InChI is InChI=1S/C17H31N3/c1-4-12-18-14(2)9-7-8-13-20-15(3)19-16-10-5-6-11-17(16)20/h14,18H,4-13H2,1-3H3. The number of hydrogen-bond donors (Lipinski definition) is 1. The third-order valence-corrected chi connectivity index (χ3v) is 4.44. The van der Waals surface area contributed by atoms with Crippen molar-refractivity contribution in [1.82, 2.24) is 14.9 Å². The number of aryl methyl sites for hydroxylation is 2. The fourth-order valence-corrected chi connectivity index (χ4v) is 3.25. The van der Waals surface area contributed by atoms with Crippen molar-refractivity contribution >= 4 is 0 Å². The molecule has 1 unspecified atom stereocenters. The summed E-state index contributed by atoms with van der Waals surface area (Å²) in [6.45, 7) is 9.01. The molecule has 0 aromatic carbocycles. The predicted octanol–water partition coefficient (Wildman–Crippen LogP) is 3.63. The molecule has 1 aromatic rings. The number of fused-ring (bicyclic) bond motifs is 1. The first kappa shape index (κ1) is 15.6. The van der Waals surface area contributed by atoms with Crippen LogP contribution >= 0.6 is 0 Å². The molecule has 0 radical (unpaired) electrons. The molecular weight excluding hydrogens is 246 g/mol. The van der Waals surface area contributed by atoms with Crippen molar-refractivity contribution in [2.24, 2.45) is 0 Å². The van der Waals surface area contributed by atoms with Crippen LogP contribution in [0.3, 0.4) is 0 Å². The Morgan fingerprint density at radius 1 is 1.25 bits per heavy atom. The molecule has 1 aromatic heterocycles. The Labute approximate surface area is 124 Å². The maximum atomic E-state index is 4.76. The summed E-state index contributed by atoms with van der Waals surface area (Å²) in [6.07, 6.45) is 10.2. The van der Waals surface area contributed by atoms with Crippen molar-refractivity contribution in [3.63, 3.8) is 0 Å². The molecule has 1 aliphatic carbocycles. The number of nitrogens with zero attached hydrogens (tertiary/aromatic N) is 2. The van der Waals surface area contributed by atoms with Crippen molar-refractivity contribution < 1.29 is 0 Å². The van der Waals surface area contributed by atoms with Crippen LogP contribution in [0.15, 0.2) is 0 Å². The lowest BCUT2D eigenvalue weighted by Gasteiger charge is -2.16. The zero-order valence-corrected chi connectivity index (χ0v) is 13.5. The average molecular weight is 277 g/mol. The van der Waals surface area contributed by atoms with Crippen molar-refractivity contribution in [2.75, 3.05) is 6.54 Å². The van der Waals surface area contributed by atoms with Crippen LogP contribution in [-0.2, 0) is 19.4 Å². The summed E-state index contributed by atoms with van der Waals surface area (Å²) in [7, 11) is 0. The Morgan fingerprint density at radius 2 is 2.05 bits per heavy atom. The SMILES string of the molecule is CCCNC(C)CCCCn1c(C)nc2c1CCCC2. The fourth-order valence-electron chi connectivity index (χ4n) is 3.25. The number of unbranched alkanes of at least 4 members (excludes halogenated alkanes) is 1. The highest BCUT2D eigenvalue weighted by Crippen LogP contribution is 2.22. The molecule has 20 heavy (non-hydrogen) atoms. The van der Waals surface area contributed by atoms with Crippen LogP contribution in [0.2, 0.25) is 0 Å². The van der Waals surface area contributed by atoms with Gasteiger partial charge in [-0.15, -0.1) is 0 Å². The maximum absolute atomic E-state index is 4.76. The van der Waals surface area contributed by atoms with Crippen LogP contribution in [-0.4, -0.2) is 22.1 Å². The van der Waals surface area contributed by atoms with Gasteiger partial charge in [0.25, 0.3) is 0 Å². The van der Waals surface area contributed by atoms with Gasteiger partial charge >= 0.3 is 0 Å². The summed E-state index contributed by atoms with van der Waals surface area (Å²) in [4.78, 5) is 4.76. The van der Waals surface area contributed by atoms with Crippen LogP contribution in [0, 0.1) is 6.92 Å². The minimum atomic E-state index is 0.660. The molecule has 0 aliphatic heterocycles. The van der Waals surface area contributed by atoms with Gasteiger partial charge in [-0.1, -0.05) is 13.3 Å². The third kappa shape index (κ3) is 4.08. The van der Waals surface area contributed by atoms with Crippen molar-refractivity contribution in [3.05, 3.63) is 17.2 Å². The Morgan fingerprint density at radius 3 is 2.85 bits per heavy atom. The average Bonchev–Trinajstić information content (AvgIpc) is 2.77. The van der Waals surface area contributed by atoms with E-state index in [-0.39, 0.29) is 0 Å². The zero-order valence-electron chi connectivity index (χ0n) is 13.5. The normalized spacial score (nSPS) is 16.1. The maximum Gasteiger partial charge on any atom is 0.106 e. The van der Waals surface area contributed by atoms with Gasteiger partial charge in [-0.05, 0) is 65.3 Å². The molecule has 1 N–H and O–H groups in total. The van der Waals surface area contributed by atoms with Crippen LogP contribution in [0.25, 0.3) is 0 Å². The van der Waals surface area contributed by atoms with Gasteiger partial charge in [0.2, 0.25) is 0 Å². The molecule has 114 valence electrons. The van der Waals surface area contributed by atoms with Gasteiger partial charge in [-0.25, -0.2) is 4.98 Å². The van der Waals surface area contributed by atoms with E-state index in [1.807, 2.05) is 0 Å². The van der Waals surface area contributed by atoms with E-state index in [0.29, 0.717) is 6.04 Å². The molecule has 0 spiro atoms. The molecule has 1 atom stereocenters. The monoisotopic (exact) mass is 277 g/mol.